The molecule has 0 N–H and O–H groups in total. The van der Waals surface area contributed by atoms with Crippen molar-refractivity contribution in [3.8, 4) is 11.6 Å². The molecule has 1 heterocycles. The van der Waals surface area contributed by atoms with Crippen molar-refractivity contribution in [2.24, 2.45) is 0 Å². The third-order valence-electron chi connectivity index (χ3n) is 6.11. The summed E-state index contributed by atoms with van der Waals surface area (Å²) >= 11 is 0. The van der Waals surface area contributed by atoms with Gasteiger partial charge < -0.3 is 4.74 Å². The summed E-state index contributed by atoms with van der Waals surface area (Å²) in [4.78, 5) is 4.50. The molecule has 5 rings (SSSR count). The fourth-order valence-corrected chi connectivity index (χ4v) is 4.67. The number of fused-ring (bicyclic) bond motifs is 3. The van der Waals surface area contributed by atoms with E-state index in [1.807, 2.05) is 36.5 Å². The fraction of sp³-hybridized carbons (Fsp3) is 0.269. The molecule has 0 amide bonds. The van der Waals surface area contributed by atoms with Gasteiger partial charge in [0.2, 0.25) is 5.88 Å². The number of benzene rings is 3. The van der Waals surface area contributed by atoms with Crippen LogP contribution in [-0.2, 0) is 0 Å². The maximum Gasteiger partial charge on any atom is 0.227 e. The van der Waals surface area contributed by atoms with Crippen molar-refractivity contribution in [3.63, 3.8) is 0 Å². The Kier molecular flexibility index (Phi) is 4.48. The van der Waals surface area contributed by atoms with E-state index in [1.165, 1.54) is 53.8 Å². The molecule has 1 fully saturated rings. The minimum atomic E-state index is 0.666. The summed E-state index contributed by atoms with van der Waals surface area (Å²) in [6, 6.07) is 21.2. The van der Waals surface area contributed by atoms with E-state index in [-0.39, 0.29) is 0 Å². The highest BCUT2D eigenvalue weighted by Crippen LogP contribution is 2.38. The van der Waals surface area contributed by atoms with E-state index in [0.717, 1.165) is 17.1 Å². The molecule has 3 aromatic carbocycles. The van der Waals surface area contributed by atoms with E-state index in [4.69, 9.17) is 4.74 Å². The standard InChI is InChI=1S/C26H25NO/c1-18-16-25-20(17-24(18)19-8-4-2-5-9-19)12-13-23-22(25)14-15-27-26(23)28-21-10-6-3-7-11-21/h3,6-7,10-17,19H,2,4-5,8-9H2,1H3. The Morgan fingerprint density at radius 1 is 0.821 bits per heavy atom. The third kappa shape index (κ3) is 3.13. The quantitative estimate of drug-likeness (QED) is 0.349. The first kappa shape index (κ1) is 17.2. The summed E-state index contributed by atoms with van der Waals surface area (Å²) in [7, 11) is 0. The van der Waals surface area contributed by atoms with E-state index in [2.05, 4.69) is 42.2 Å². The van der Waals surface area contributed by atoms with Gasteiger partial charge in [-0.15, -0.1) is 0 Å². The van der Waals surface area contributed by atoms with Gasteiger partial charge in [-0.2, -0.15) is 0 Å². The molecule has 1 saturated carbocycles. The van der Waals surface area contributed by atoms with Gasteiger partial charge in [-0.1, -0.05) is 55.7 Å². The third-order valence-corrected chi connectivity index (χ3v) is 6.11. The van der Waals surface area contributed by atoms with E-state index < -0.39 is 0 Å². The van der Waals surface area contributed by atoms with Crippen molar-refractivity contribution in [3.05, 3.63) is 78.0 Å². The molecule has 140 valence electrons. The molecular weight excluding hydrogens is 342 g/mol. The topological polar surface area (TPSA) is 22.1 Å². The van der Waals surface area contributed by atoms with Crippen LogP contribution in [0.2, 0.25) is 0 Å². The molecule has 0 bridgehead atoms. The molecule has 0 saturated heterocycles. The molecule has 0 spiro atoms. The van der Waals surface area contributed by atoms with Crippen molar-refractivity contribution >= 4 is 21.5 Å². The highest BCUT2D eigenvalue weighted by molar-refractivity contribution is 6.09. The normalized spacial score (nSPS) is 15.2. The number of para-hydroxylation sites is 1. The van der Waals surface area contributed by atoms with Gasteiger partial charge in [0.05, 0.1) is 0 Å². The summed E-state index contributed by atoms with van der Waals surface area (Å²) in [6.07, 6.45) is 8.64. The number of rotatable bonds is 3. The second-order valence-corrected chi connectivity index (χ2v) is 7.96. The minimum absolute atomic E-state index is 0.666. The lowest BCUT2D eigenvalue weighted by molar-refractivity contribution is 0.442. The molecular formula is C26H25NO. The van der Waals surface area contributed by atoms with Gasteiger partial charge in [0.25, 0.3) is 0 Å². The number of ether oxygens (including phenoxy) is 1. The van der Waals surface area contributed by atoms with Crippen LogP contribution in [-0.4, -0.2) is 4.98 Å². The maximum absolute atomic E-state index is 6.08. The van der Waals surface area contributed by atoms with Crippen LogP contribution in [0.15, 0.2) is 66.9 Å². The zero-order valence-corrected chi connectivity index (χ0v) is 16.3. The average molecular weight is 367 g/mol. The molecule has 1 aliphatic rings. The second-order valence-electron chi connectivity index (χ2n) is 7.96. The summed E-state index contributed by atoms with van der Waals surface area (Å²) < 4.78 is 6.08. The first-order valence-corrected chi connectivity index (χ1v) is 10.3. The fourth-order valence-electron chi connectivity index (χ4n) is 4.67. The number of hydrogen-bond donors (Lipinski definition) is 0. The number of pyridine rings is 1. The van der Waals surface area contributed by atoms with Gasteiger partial charge >= 0.3 is 0 Å². The van der Waals surface area contributed by atoms with Gasteiger partial charge in [-0.3, -0.25) is 0 Å². The summed E-state index contributed by atoms with van der Waals surface area (Å²) in [5.74, 6) is 2.20. The number of nitrogens with zero attached hydrogens (tertiary/aromatic N) is 1. The maximum atomic E-state index is 6.08. The van der Waals surface area contributed by atoms with Crippen molar-refractivity contribution in [1.82, 2.24) is 4.98 Å². The van der Waals surface area contributed by atoms with Crippen LogP contribution in [0.25, 0.3) is 21.5 Å². The van der Waals surface area contributed by atoms with Crippen LogP contribution >= 0.6 is 0 Å². The first-order chi connectivity index (χ1) is 13.8. The molecule has 2 heteroatoms. The number of aromatic nitrogens is 1. The van der Waals surface area contributed by atoms with Crippen LogP contribution in [0, 0.1) is 6.92 Å². The van der Waals surface area contributed by atoms with Gasteiger partial charge in [-0.05, 0) is 77.2 Å². The molecule has 2 nitrogen and oxygen atoms in total. The van der Waals surface area contributed by atoms with Gasteiger partial charge in [-0.25, -0.2) is 4.98 Å². The largest absolute Gasteiger partial charge is 0.438 e. The van der Waals surface area contributed by atoms with Gasteiger partial charge in [0, 0.05) is 11.6 Å². The monoisotopic (exact) mass is 367 g/mol. The lowest BCUT2D eigenvalue weighted by atomic mass is 9.81. The number of aryl methyl sites for hydroxylation is 1. The Bertz CT molecular complexity index is 1130. The van der Waals surface area contributed by atoms with Crippen LogP contribution < -0.4 is 4.74 Å². The first-order valence-electron chi connectivity index (χ1n) is 10.3. The van der Waals surface area contributed by atoms with Gasteiger partial charge in [0.15, 0.2) is 0 Å². The Morgan fingerprint density at radius 2 is 1.64 bits per heavy atom. The predicted octanol–water partition coefficient (Wildman–Crippen LogP) is 7.54. The van der Waals surface area contributed by atoms with Crippen LogP contribution in [0.1, 0.15) is 49.1 Å². The van der Waals surface area contributed by atoms with E-state index in [0.29, 0.717) is 5.88 Å². The smallest absolute Gasteiger partial charge is 0.227 e. The Balaban J connectivity index is 1.61. The van der Waals surface area contributed by atoms with Crippen LogP contribution in [0.5, 0.6) is 11.6 Å². The molecule has 1 aromatic heterocycles. The van der Waals surface area contributed by atoms with Crippen molar-refractivity contribution in [2.45, 2.75) is 44.9 Å². The summed E-state index contributed by atoms with van der Waals surface area (Å²) in [5.41, 5.74) is 2.95. The Labute approximate surface area is 166 Å². The Morgan fingerprint density at radius 3 is 2.46 bits per heavy atom. The SMILES string of the molecule is Cc1cc2c(ccc3c(Oc4ccccc4)nccc32)cc1C1CCCCC1. The lowest BCUT2D eigenvalue weighted by Crippen LogP contribution is -2.06. The minimum Gasteiger partial charge on any atom is -0.438 e. The lowest BCUT2D eigenvalue weighted by Gasteiger charge is -2.24. The molecule has 0 radical (unpaired) electrons. The van der Waals surface area contributed by atoms with E-state index in [1.54, 1.807) is 5.56 Å². The second kappa shape index (κ2) is 7.27. The molecule has 0 atom stereocenters. The summed E-state index contributed by atoms with van der Waals surface area (Å²) in [6.45, 7) is 2.27. The molecule has 0 unspecified atom stereocenters. The van der Waals surface area contributed by atoms with Gasteiger partial charge in [0.1, 0.15) is 5.75 Å². The number of hydrogen-bond acceptors (Lipinski definition) is 2. The van der Waals surface area contributed by atoms with Crippen molar-refractivity contribution in [1.29, 1.82) is 0 Å². The highest BCUT2D eigenvalue weighted by atomic mass is 16.5. The summed E-state index contributed by atoms with van der Waals surface area (Å²) in [5, 5.41) is 4.87. The molecule has 4 aromatic rings. The average Bonchev–Trinajstić information content (AvgIpc) is 2.75. The predicted molar refractivity (Wildman–Crippen MR) is 116 cm³/mol. The molecule has 1 aliphatic carbocycles. The zero-order chi connectivity index (χ0) is 18.9. The Hall–Kier alpha value is -2.87. The van der Waals surface area contributed by atoms with Crippen LogP contribution in [0.4, 0.5) is 0 Å². The zero-order valence-electron chi connectivity index (χ0n) is 16.3. The van der Waals surface area contributed by atoms with Crippen LogP contribution in [0.3, 0.4) is 0 Å². The molecule has 0 aliphatic heterocycles. The van der Waals surface area contributed by atoms with E-state index in [9.17, 15) is 0 Å². The highest BCUT2D eigenvalue weighted by Gasteiger charge is 2.18. The molecule has 28 heavy (non-hydrogen) atoms. The van der Waals surface area contributed by atoms with Crippen molar-refractivity contribution in [2.75, 3.05) is 0 Å². The van der Waals surface area contributed by atoms with E-state index >= 15 is 0 Å². The van der Waals surface area contributed by atoms with Crippen molar-refractivity contribution < 1.29 is 4.74 Å².